The van der Waals surface area contributed by atoms with E-state index in [-0.39, 0.29) is 15.9 Å². The lowest BCUT2D eigenvalue weighted by Crippen LogP contribution is -2.19. The quantitative estimate of drug-likeness (QED) is 0.295. The van der Waals surface area contributed by atoms with E-state index in [1.54, 1.807) is 36.4 Å². The monoisotopic (exact) mass is 566 g/mol. The first kappa shape index (κ1) is 26.9. The van der Waals surface area contributed by atoms with Gasteiger partial charge in [-0.15, -0.1) is 0 Å². The van der Waals surface area contributed by atoms with Gasteiger partial charge in [-0.3, -0.25) is 4.79 Å². The molecule has 0 bridgehead atoms. The summed E-state index contributed by atoms with van der Waals surface area (Å²) in [5.74, 6) is 0.593. The summed E-state index contributed by atoms with van der Waals surface area (Å²) >= 11 is 12.9. The molecule has 0 saturated carbocycles. The molecule has 0 aromatic heterocycles. The van der Waals surface area contributed by atoms with Crippen molar-refractivity contribution >= 4 is 57.8 Å². The molecule has 192 valence electrons. The molecule has 0 atom stereocenters. The maximum absolute atomic E-state index is 13.0. The maximum atomic E-state index is 13.0. The second-order valence-corrected chi connectivity index (χ2v) is 9.57. The van der Waals surface area contributed by atoms with Crippen molar-refractivity contribution in [3.8, 4) is 11.5 Å². The smallest absolute Gasteiger partial charge is 0.416 e. The molecule has 1 aliphatic rings. The molecule has 11 heteroatoms. The Morgan fingerprint density at radius 2 is 1.76 bits per heavy atom. The van der Waals surface area contributed by atoms with Gasteiger partial charge < -0.3 is 14.8 Å². The third-order valence-electron chi connectivity index (χ3n) is 5.02. The van der Waals surface area contributed by atoms with E-state index in [4.69, 9.17) is 32.7 Å². The van der Waals surface area contributed by atoms with Gasteiger partial charge in [0.15, 0.2) is 16.7 Å². The van der Waals surface area contributed by atoms with E-state index in [1.807, 2.05) is 19.1 Å². The zero-order valence-corrected chi connectivity index (χ0v) is 21.6. The predicted molar refractivity (Wildman–Crippen MR) is 141 cm³/mol. The number of halogens is 5. The first-order valence-electron chi connectivity index (χ1n) is 10.9. The Morgan fingerprint density at radius 1 is 1.00 bits per heavy atom. The van der Waals surface area contributed by atoms with Crippen molar-refractivity contribution in [3.63, 3.8) is 0 Å². The number of ether oxygens (including phenoxy) is 2. The van der Waals surface area contributed by atoms with Crippen LogP contribution >= 0.6 is 35.0 Å². The first-order chi connectivity index (χ1) is 17.6. The van der Waals surface area contributed by atoms with Gasteiger partial charge in [-0.2, -0.15) is 13.2 Å². The van der Waals surface area contributed by atoms with Gasteiger partial charge in [0.2, 0.25) is 0 Å². The lowest BCUT2D eigenvalue weighted by Gasteiger charge is -2.13. The normalized spacial score (nSPS) is 15.8. The molecule has 0 radical (unpaired) electrons. The minimum absolute atomic E-state index is 0.0309. The predicted octanol–water partition coefficient (Wildman–Crippen LogP) is 7.88. The summed E-state index contributed by atoms with van der Waals surface area (Å²) in [6.07, 6.45) is -2.92. The summed E-state index contributed by atoms with van der Waals surface area (Å²) in [6, 6.07) is 15.4. The number of carbonyl (C=O) groups is 1. The van der Waals surface area contributed by atoms with Crippen LogP contribution in [0.4, 0.5) is 18.9 Å². The lowest BCUT2D eigenvalue weighted by molar-refractivity contribution is -0.137. The number of thioether (sulfide) groups is 1. The highest BCUT2D eigenvalue weighted by molar-refractivity contribution is 8.18. The van der Waals surface area contributed by atoms with Crippen LogP contribution in [0.3, 0.4) is 0 Å². The van der Waals surface area contributed by atoms with Crippen molar-refractivity contribution in [1.82, 2.24) is 5.32 Å². The van der Waals surface area contributed by atoms with E-state index in [0.29, 0.717) is 40.2 Å². The summed E-state index contributed by atoms with van der Waals surface area (Å²) < 4.78 is 50.8. The number of benzene rings is 3. The highest BCUT2D eigenvalue weighted by Crippen LogP contribution is 2.37. The van der Waals surface area contributed by atoms with Crippen molar-refractivity contribution < 1.29 is 27.4 Å². The average Bonchev–Trinajstić information content (AvgIpc) is 3.19. The van der Waals surface area contributed by atoms with Crippen molar-refractivity contribution in [2.24, 2.45) is 4.99 Å². The third kappa shape index (κ3) is 7.00. The number of aliphatic imine (C=N–C) groups is 1. The van der Waals surface area contributed by atoms with Crippen LogP contribution in [0.1, 0.15) is 23.6 Å². The van der Waals surface area contributed by atoms with Crippen LogP contribution in [0, 0.1) is 0 Å². The van der Waals surface area contributed by atoms with Crippen LogP contribution in [0.2, 0.25) is 10.0 Å². The van der Waals surface area contributed by atoms with E-state index < -0.39 is 17.6 Å². The maximum Gasteiger partial charge on any atom is 0.416 e. The van der Waals surface area contributed by atoms with Crippen LogP contribution in [0.25, 0.3) is 6.08 Å². The number of hydrogen-bond acceptors (Lipinski definition) is 5. The molecular formula is C26H19Cl2F3N2O3S. The molecule has 0 aliphatic carbocycles. The fraction of sp³-hybridized carbons (Fsp3) is 0.154. The number of alkyl halides is 3. The number of amidine groups is 1. The van der Waals surface area contributed by atoms with Gasteiger partial charge >= 0.3 is 6.18 Å². The van der Waals surface area contributed by atoms with Crippen LogP contribution in [-0.2, 0) is 17.6 Å². The molecule has 3 aromatic rings. The van der Waals surface area contributed by atoms with Gasteiger partial charge in [0.25, 0.3) is 5.91 Å². The van der Waals surface area contributed by atoms with Gasteiger partial charge in [-0.1, -0.05) is 41.4 Å². The van der Waals surface area contributed by atoms with Crippen LogP contribution in [0.15, 0.2) is 70.6 Å². The van der Waals surface area contributed by atoms with E-state index in [2.05, 4.69) is 10.3 Å². The fourth-order valence-corrected chi connectivity index (χ4v) is 4.38. The number of carbonyl (C=O) groups excluding carboxylic acids is 1. The van der Waals surface area contributed by atoms with E-state index in [1.165, 1.54) is 0 Å². The van der Waals surface area contributed by atoms with Gasteiger partial charge in [0.1, 0.15) is 6.61 Å². The number of rotatable bonds is 7. The lowest BCUT2D eigenvalue weighted by atomic mass is 10.2. The molecule has 1 aliphatic heterocycles. The number of hydrogen-bond donors (Lipinski definition) is 1. The number of nitrogens with one attached hydrogen (secondary N) is 1. The minimum atomic E-state index is -4.54. The van der Waals surface area contributed by atoms with Crippen LogP contribution in [0.5, 0.6) is 11.5 Å². The molecule has 1 fully saturated rings. The second-order valence-electron chi connectivity index (χ2n) is 7.70. The molecule has 1 heterocycles. The van der Waals surface area contributed by atoms with Crippen molar-refractivity contribution in [3.05, 3.63) is 92.3 Å². The van der Waals surface area contributed by atoms with E-state index in [9.17, 15) is 18.0 Å². The fourth-order valence-electron chi connectivity index (χ4n) is 3.26. The SMILES string of the molecule is CCOc1cc(C=C2SC(=Nc3cc(C(F)(F)F)ccc3Cl)NC2=O)ccc1OCc1ccc(Cl)cc1. The molecule has 1 amide bonds. The molecule has 1 saturated heterocycles. The Hall–Kier alpha value is -3.14. The van der Waals surface area contributed by atoms with E-state index in [0.717, 1.165) is 35.5 Å². The highest BCUT2D eigenvalue weighted by Gasteiger charge is 2.31. The summed E-state index contributed by atoms with van der Waals surface area (Å²) in [5, 5.41) is 3.33. The second kappa shape index (κ2) is 11.5. The summed E-state index contributed by atoms with van der Waals surface area (Å²) in [6.45, 7) is 2.56. The summed E-state index contributed by atoms with van der Waals surface area (Å²) in [7, 11) is 0. The van der Waals surface area contributed by atoms with Crippen molar-refractivity contribution in [2.45, 2.75) is 19.7 Å². The average molecular weight is 567 g/mol. The van der Waals surface area contributed by atoms with Gasteiger partial charge in [0.05, 0.1) is 27.8 Å². The Kier molecular flexibility index (Phi) is 8.36. The number of nitrogens with zero attached hydrogens (tertiary/aromatic N) is 1. The molecule has 37 heavy (non-hydrogen) atoms. The molecular weight excluding hydrogens is 548 g/mol. The number of amides is 1. The standard InChI is InChI=1S/C26H19Cl2F3N2O3S/c1-2-35-22-11-16(5-10-21(22)36-14-15-3-7-18(27)8-4-15)12-23-24(34)33-25(37-23)32-20-13-17(26(29,30)31)6-9-19(20)28/h3-13H,2,14H2,1H3,(H,32,33,34). The molecule has 1 N–H and O–H groups in total. The zero-order valence-electron chi connectivity index (χ0n) is 19.2. The largest absolute Gasteiger partial charge is 0.490 e. The minimum Gasteiger partial charge on any atom is -0.490 e. The van der Waals surface area contributed by atoms with Crippen LogP contribution < -0.4 is 14.8 Å². The third-order valence-corrected chi connectivity index (χ3v) is 6.50. The summed E-state index contributed by atoms with van der Waals surface area (Å²) in [5.41, 5.74) is 0.618. The zero-order chi connectivity index (χ0) is 26.6. The van der Waals surface area contributed by atoms with Gasteiger partial charge in [0, 0.05) is 5.02 Å². The van der Waals surface area contributed by atoms with Crippen molar-refractivity contribution in [2.75, 3.05) is 6.61 Å². The van der Waals surface area contributed by atoms with Crippen molar-refractivity contribution in [1.29, 1.82) is 0 Å². The molecule has 0 spiro atoms. The molecule has 0 unspecified atom stereocenters. The van der Waals surface area contributed by atoms with Crippen LogP contribution in [-0.4, -0.2) is 17.7 Å². The van der Waals surface area contributed by atoms with Gasteiger partial charge in [-0.25, -0.2) is 4.99 Å². The van der Waals surface area contributed by atoms with Gasteiger partial charge in [-0.05, 0) is 78.4 Å². The Balaban J connectivity index is 1.53. The molecule has 4 rings (SSSR count). The molecule has 3 aromatic carbocycles. The Morgan fingerprint density at radius 3 is 2.46 bits per heavy atom. The Bertz CT molecular complexity index is 1380. The first-order valence-corrected chi connectivity index (χ1v) is 12.5. The van der Waals surface area contributed by atoms with E-state index >= 15 is 0 Å². The summed E-state index contributed by atoms with van der Waals surface area (Å²) in [4.78, 5) is 16.9. The topological polar surface area (TPSA) is 59.9 Å². The molecule has 5 nitrogen and oxygen atoms in total. The Labute approximate surface area is 225 Å². The highest BCUT2D eigenvalue weighted by atomic mass is 35.5.